The second kappa shape index (κ2) is 7.48. The first kappa shape index (κ1) is 19.0. The van der Waals surface area contributed by atoms with Gasteiger partial charge in [0.1, 0.15) is 12.1 Å². The number of pyridine rings is 1. The summed E-state index contributed by atoms with van der Waals surface area (Å²) in [5.74, 6) is -0.812. The lowest BCUT2D eigenvalue weighted by molar-refractivity contribution is -0.134. The number of thiophene rings is 1. The van der Waals surface area contributed by atoms with Gasteiger partial charge >= 0.3 is 6.03 Å². The molecular formula is C19H22N4O3S. The van der Waals surface area contributed by atoms with E-state index in [1.165, 1.54) is 0 Å². The number of nitrogens with zero attached hydrogens (tertiary/aromatic N) is 2. The highest BCUT2D eigenvalue weighted by Crippen LogP contribution is 2.22. The summed E-state index contributed by atoms with van der Waals surface area (Å²) < 4.78 is 0. The molecule has 0 saturated carbocycles. The van der Waals surface area contributed by atoms with E-state index < -0.39 is 23.4 Å². The Labute approximate surface area is 161 Å². The topological polar surface area (TPSA) is 91.4 Å². The van der Waals surface area contributed by atoms with Crippen molar-refractivity contribution in [3.8, 4) is 0 Å². The molecule has 0 aromatic carbocycles. The summed E-state index contributed by atoms with van der Waals surface area (Å²) in [5, 5.41) is 9.52. The highest BCUT2D eigenvalue weighted by atomic mass is 32.1. The van der Waals surface area contributed by atoms with E-state index in [0.29, 0.717) is 6.42 Å². The summed E-state index contributed by atoms with van der Waals surface area (Å²) in [6.07, 6.45) is 2.27. The highest BCUT2D eigenvalue weighted by Gasteiger charge is 2.45. The molecule has 2 aromatic heterocycles. The van der Waals surface area contributed by atoms with Gasteiger partial charge in [-0.25, -0.2) is 4.79 Å². The van der Waals surface area contributed by atoms with Crippen molar-refractivity contribution >= 4 is 29.2 Å². The summed E-state index contributed by atoms with van der Waals surface area (Å²) in [6.45, 7) is 4.85. The van der Waals surface area contributed by atoms with E-state index in [4.69, 9.17) is 0 Å². The predicted molar refractivity (Wildman–Crippen MR) is 102 cm³/mol. The normalized spacial score (nSPS) is 16.9. The summed E-state index contributed by atoms with van der Waals surface area (Å²) in [7, 11) is 0. The molecule has 1 fully saturated rings. The van der Waals surface area contributed by atoms with Crippen LogP contribution in [0.25, 0.3) is 0 Å². The van der Waals surface area contributed by atoms with Gasteiger partial charge in [-0.2, -0.15) is 11.3 Å². The fourth-order valence-electron chi connectivity index (χ4n) is 3.07. The van der Waals surface area contributed by atoms with Crippen molar-refractivity contribution < 1.29 is 14.4 Å². The summed E-state index contributed by atoms with van der Waals surface area (Å²) in [4.78, 5) is 42.3. The molecule has 1 atom stereocenters. The number of rotatable bonds is 6. The van der Waals surface area contributed by atoms with Crippen molar-refractivity contribution in [2.45, 2.75) is 38.8 Å². The van der Waals surface area contributed by atoms with Gasteiger partial charge < -0.3 is 10.6 Å². The summed E-state index contributed by atoms with van der Waals surface area (Å²) in [5.41, 5.74) is 1.83. The number of amides is 4. The molecule has 3 rings (SSSR count). The Bertz CT molecular complexity index is 864. The van der Waals surface area contributed by atoms with Crippen molar-refractivity contribution in [2.24, 2.45) is 0 Å². The van der Waals surface area contributed by atoms with Crippen LogP contribution in [-0.2, 0) is 16.0 Å². The number of imide groups is 1. The van der Waals surface area contributed by atoms with E-state index >= 15 is 0 Å². The maximum atomic E-state index is 12.6. The Kier molecular flexibility index (Phi) is 5.27. The van der Waals surface area contributed by atoms with Gasteiger partial charge in [0.15, 0.2) is 0 Å². The largest absolute Gasteiger partial charge is 0.346 e. The summed E-state index contributed by atoms with van der Waals surface area (Å²) in [6, 6.07) is 4.89. The monoisotopic (exact) mass is 386 g/mol. The number of aryl methyl sites for hydroxylation is 1. The molecule has 7 nitrogen and oxygen atoms in total. The molecular weight excluding hydrogens is 364 g/mol. The van der Waals surface area contributed by atoms with Gasteiger partial charge in [0.05, 0.1) is 11.7 Å². The lowest BCUT2D eigenvalue weighted by atomic mass is 10.0. The van der Waals surface area contributed by atoms with Crippen LogP contribution in [0.1, 0.15) is 36.7 Å². The molecule has 1 aliphatic heterocycles. The summed E-state index contributed by atoms with van der Waals surface area (Å²) >= 11 is 1.59. The Hall–Kier alpha value is -2.74. The van der Waals surface area contributed by atoms with Crippen molar-refractivity contribution in [3.63, 3.8) is 0 Å². The van der Waals surface area contributed by atoms with Gasteiger partial charge in [-0.15, -0.1) is 0 Å². The van der Waals surface area contributed by atoms with E-state index in [1.54, 1.807) is 31.4 Å². The molecule has 0 unspecified atom stereocenters. The van der Waals surface area contributed by atoms with Crippen LogP contribution >= 0.6 is 11.3 Å². The van der Waals surface area contributed by atoms with Gasteiger partial charge in [0, 0.05) is 6.20 Å². The SMILES string of the molecule is Cc1cccnc1[C@H](Cc1ccsc1)NC(=O)CN1C(=O)NC(C)(C)C1=O. The fraction of sp³-hybridized carbons (Fsp3) is 0.368. The zero-order chi connectivity index (χ0) is 19.6. The highest BCUT2D eigenvalue weighted by molar-refractivity contribution is 7.07. The van der Waals surface area contributed by atoms with Crippen LogP contribution in [-0.4, -0.2) is 39.8 Å². The van der Waals surface area contributed by atoms with Crippen molar-refractivity contribution in [2.75, 3.05) is 6.54 Å². The third kappa shape index (κ3) is 4.16. The number of carbonyl (C=O) groups excluding carboxylic acids is 3. The predicted octanol–water partition coefficient (Wildman–Crippen LogP) is 2.18. The van der Waals surface area contributed by atoms with Gasteiger partial charge in [-0.1, -0.05) is 6.07 Å². The van der Waals surface area contributed by atoms with Crippen LogP contribution < -0.4 is 10.6 Å². The van der Waals surface area contributed by atoms with E-state index in [-0.39, 0.29) is 12.6 Å². The number of urea groups is 1. The van der Waals surface area contributed by atoms with Crippen molar-refractivity contribution in [3.05, 3.63) is 52.0 Å². The molecule has 2 N–H and O–H groups in total. The molecule has 8 heteroatoms. The van der Waals surface area contributed by atoms with Crippen molar-refractivity contribution in [1.29, 1.82) is 0 Å². The molecule has 142 valence electrons. The van der Waals surface area contributed by atoms with Crippen LogP contribution in [0.15, 0.2) is 35.2 Å². The Morgan fingerprint density at radius 2 is 2.15 bits per heavy atom. The van der Waals surface area contributed by atoms with Gasteiger partial charge in [-0.3, -0.25) is 19.5 Å². The second-order valence-corrected chi connectivity index (χ2v) is 7.89. The second-order valence-electron chi connectivity index (χ2n) is 7.11. The third-order valence-corrected chi connectivity index (χ3v) is 5.21. The minimum atomic E-state index is -0.995. The molecule has 0 radical (unpaired) electrons. The average molecular weight is 386 g/mol. The smallest absolute Gasteiger partial charge is 0.325 e. The van der Waals surface area contributed by atoms with E-state index in [2.05, 4.69) is 15.6 Å². The van der Waals surface area contributed by atoms with Crippen LogP contribution in [0.2, 0.25) is 0 Å². The molecule has 0 bridgehead atoms. The molecule has 2 aromatic rings. The number of carbonyl (C=O) groups is 3. The van der Waals surface area contributed by atoms with E-state index in [9.17, 15) is 14.4 Å². The first-order chi connectivity index (χ1) is 12.8. The Morgan fingerprint density at radius 1 is 1.37 bits per heavy atom. The average Bonchev–Trinajstić information content (AvgIpc) is 3.17. The van der Waals surface area contributed by atoms with Crippen molar-refractivity contribution in [1.82, 2.24) is 20.5 Å². The minimum absolute atomic E-state index is 0.319. The molecule has 0 spiro atoms. The Morgan fingerprint density at radius 3 is 2.74 bits per heavy atom. The van der Waals surface area contributed by atoms with Crippen LogP contribution in [0.5, 0.6) is 0 Å². The zero-order valence-electron chi connectivity index (χ0n) is 15.5. The van der Waals surface area contributed by atoms with E-state index in [1.807, 2.05) is 35.9 Å². The van der Waals surface area contributed by atoms with E-state index in [0.717, 1.165) is 21.7 Å². The standard InChI is InChI=1S/C19H22N4O3S/c1-12-5-4-7-20-16(12)14(9-13-6-8-27-11-13)21-15(24)10-23-17(25)19(2,3)22-18(23)26/h4-8,11,14H,9-10H2,1-3H3,(H,21,24)(H,22,26)/t14-/m0/s1. The number of nitrogens with one attached hydrogen (secondary N) is 2. The minimum Gasteiger partial charge on any atom is -0.346 e. The van der Waals surface area contributed by atoms with Crippen LogP contribution in [0.4, 0.5) is 4.79 Å². The molecule has 1 saturated heterocycles. The van der Waals surface area contributed by atoms with Crippen LogP contribution in [0.3, 0.4) is 0 Å². The first-order valence-electron chi connectivity index (χ1n) is 8.64. The lowest BCUT2D eigenvalue weighted by Crippen LogP contribution is -2.44. The third-order valence-electron chi connectivity index (χ3n) is 4.48. The molecule has 27 heavy (non-hydrogen) atoms. The Balaban J connectivity index is 1.76. The molecule has 4 amide bonds. The lowest BCUT2D eigenvalue weighted by Gasteiger charge is -2.21. The van der Waals surface area contributed by atoms with Gasteiger partial charge in [-0.05, 0) is 61.2 Å². The zero-order valence-corrected chi connectivity index (χ0v) is 16.3. The number of hydrogen-bond acceptors (Lipinski definition) is 5. The first-order valence-corrected chi connectivity index (χ1v) is 9.58. The maximum absolute atomic E-state index is 12.6. The van der Waals surface area contributed by atoms with Gasteiger partial charge in [0.25, 0.3) is 5.91 Å². The van der Waals surface area contributed by atoms with Crippen LogP contribution in [0, 0.1) is 6.92 Å². The van der Waals surface area contributed by atoms with Gasteiger partial charge in [0.2, 0.25) is 5.91 Å². The molecule has 1 aliphatic rings. The quantitative estimate of drug-likeness (QED) is 0.745. The maximum Gasteiger partial charge on any atom is 0.325 e. The molecule has 0 aliphatic carbocycles. The molecule has 3 heterocycles. The number of hydrogen-bond donors (Lipinski definition) is 2. The fourth-order valence-corrected chi connectivity index (χ4v) is 3.75. The number of aromatic nitrogens is 1.